The van der Waals surface area contributed by atoms with Crippen molar-refractivity contribution in [3.63, 3.8) is 0 Å². The molecule has 0 aliphatic heterocycles. The van der Waals surface area contributed by atoms with E-state index in [1.807, 2.05) is 6.92 Å². The van der Waals surface area contributed by atoms with E-state index >= 15 is 0 Å². The number of sulfonamides is 1. The molecule has 0 amide bonds. The Labute approximate surface area is 109 Å². The smallest absolute Gasteiger partial charge is 0.240 e. The van der Waals surface area contributed by atoms with Crippen LogP contribution in [0.15, 0.2) is 23.1 Å². The molecule has 0 bridgehead atoms. The lowest BCUT2D eigenvalue weighted by Gasteiger charge is -2.08. The Morgan fingerprint density at radius 1 is 1.44 bits per heavy atom. The fourth-order valence-corrected chi connectivity index (χ4v) is 3.49. The van der Waals surface area contributed by atoms with Crippen molar-refractivity contribution in [2.75, 3.05) is 5.73 Å². The van der Waals surface area contributed by atoms with Crippen molar-refractivity contribution < 1.29 is 8.42 Å². The van der Waals surface area contributed by atoms with Gasteiger partial charge in [-0.05, 0) is 43.4 Å². The number of aryl methyl sites for hydroxylation is 1. The first kappa shape index (κ1) is 13.4. The lowest BCUT2D eigenvalue weighted by Crippen LogP contribution is -2.27. The summed E-state index contributed by atoms with van der Waals surface area (Å²) in [7, 11) is -3.42. The van der Waals surface area contributed by atoms with Gasteiger partial charge in [0.2, 0.25) is 10.0 Å². The molecule has 4 nitrogen and oxygen atoms in total. The zero-order chi connectivity index (χ0) is 13.3. The monoisotopic (exact) mass is 268 g/mol. The molecule has 1 aromatic carbocycles. The molecule has 1 aliphatic rings. The third-order valence-corrected chi connectivity index (χ3v) is 4.94. The Kier molecular flexibility index (Phi) is 3.64. The maximum atomic E-state index is 12.1. The van der Waals surface area contributed by atoms with Gasteiger partial charge < -0.3 is 5.73 Å². The van der Waals surface area contributed by atoms with Gasteiger partial charge in [-0.25, -0.2) is 13.1 Å². The van der Waals surface area contributed by atoms with Crippen molar-refractivity contribution in [3.8, 4) is 0 Å². The molecule has 100 valence electrons. The van der Waals surface area contributed by atoms with E-state index in [1.54, 1.807) is 12.1 Å². The normalized spacial score (nSPS) is 23.0. The number of hydrogen-bond donors (Lipinski definition) is 2. The van der Waals surface area contributed by atoms with E-state index in [-0.39, 0.29) is 10.9 Å². The van der Waals surface area contributed by atoms with Gasteiger partial charge >= 0.3 is 0 Å². The molecule has 1 aromatic rings. The summed E-state index contributed by atoms with van der Waals surface area (Å²) >= 11 is 0. The molecule has 0 radical (unpaired) electrons. The summed E-state index contributed by atoms with van der Waals surface area (Å²) in [6.45, 7) is 3.97. The molecule has 1 saturated carbocycles. The molecule has 2 unspecified atom stereocenters. The van der Waals surface area contributed by atoms with Gasteiger partial charge in [0.25, 0.3) is 0 Å². The number of anilines is 1. The number of nitrogen functional groups attached to an aromatic ring is 1. The van der Waals surface area contributed by atoms with Crippen molar-refractivity contribution >= 4 is 15.7 Å². The highest BCUT2D eigenvalue weighted by atomic mass is 32.2. The van der Waals surface area contributed by atoms with E-state index in [9.17, 15) is 8.42 Å². The number of rotatable bonds is 5. The Hall–Kier alpha value is -1.07. The van der Waals surface area contributed by atoms with Crippen LogP contribution in [0.3, 0.4) is 0 Å². The zero-order valence-corrected chi connectivity index (χ0v) is 11.6. The van der Waals surface area contributed by atoms with Crippen LogP contribution in [0.25, 0.3) is 0 Å². The van der Waals surface area contributed by atoms with Crippen LogP contribution in [0.5, 0.6) is 0 Å². The molecule has 1 fully saturated rings. The number of benzene rings is 1. The molecular formula is C13H20N2O2S. The summed E-state index contributed by atoms with van der Waals surface area (Å²) in [6, 6.07) is 4.97. The highest BCUT2D eigenvalue weighted by Crippen LogP contribution is 2.35. The van der Waals surface area contributed by atoms with Crippen LogP contribution in [0.4, 0.5) is 5.69 Å². The van der Waals surface area contributed by atoms with Gasteiger partial charge in [-0.3, -0.25) is 0 Å². The van der Waals surface area contributed by atoms with Gasteiger partial charge in [-0.2, -0.15) is 0 Å². The predicted molar refractivity (Wildman–Crippen MR) is 72.7 cm³/mol. The van der Waals surface area contributed by atoms with Gasteiger partial charge in [0.15, 0.2) is 0 Å². The van der Waals surface area contributed by atoms with E-state index in [0.717, 1.165) is 24.8 Å². The summed E-state index contributed by atoms with van der Waals surface area (Å²) in [4.78, 5) is 0.257. The number of nitrogens with one attached hydrogen (secondary N) is 1. The van der Waals surface area contributed by atoms with Crippen molar-refractivity contribution in [2.45, 2.75) is 44.0 Å². The van der Waals surface area contributed by atoms with Crippen molar-refractivity contribution in [3.05, 3.63) is 23.8 Å². The lowest BCUT2D eigenvalue weighted by atomic mass is 10.2. The quantitative estimate of drug-likeness (QED) is 0.803. The van der Waals surface area contributed by atoms with E-state index in [0.29, 0.717) is 11.6 Å². The fourth-order valence-electron chi connectivity index (χ4n) is 2.13. The van der Waals surface area contributed by atoms with E-state index in [2.05, 4.69) is 11.6 Å². The van der Waals surface area contributed by atoms with Gasteiger partial charge in [0, 0.05) is 11.7 Å². The zero-order valence-electron chi connectivity index (χ0n) is 10.8. The Bertz CT molecular complexity index is 540. The maximum absolute atomic E-state index is 12.1. The van der Waals surface area contributed by atoms with Crippen LogP contribution in [0.1, 0.15) is 31.7 Å². The van der Waals surface area contributed by atoms with Crippen LogP contribution in [0, 0.1) is 12.8 Å². The number of hydrogen-bond acceptors (Lipinski definition) is 3. The third-order valence-electron chi connectivity index (χ3n) is 3.45. The van der Waals surface area contributed by atoms with E-state index in [4.69, 9.17) is 5.73 Å². The SMILES string of the molecule is CCCC1CC1NS(=O)(=O)c1ccc(C)c(N)c1. The number of nitrogens with two attached hydrogens (primary N) is 1. The van der Waals surface area contributed by atoms with E-state index in [1.165, 1.54) is 6.07 Å². The molecule has 2 atom stereocenters. The second-order valence-electron chi connectivity index (χ2n) is 5.03. The highest BCUT2D eigenvalue weighted by molar-refractivity contribution is 7.89. The standard InChI is InChI=1S/C13H20N2O2S/c1-3-4-10-7-13(10)15-18(16,17)11-6-5-9(2)12(14)8-11/h5-6,8,10,13,15H,3-4,7,14H2,1-2H3. The first-order chi connectivity index (χ1) is 8.44. The summed E-state index contributed by atoms with van der Waals surface area (Å²) in [5.41, 5.74) is 7.15. The van der Waals surface area contributed by atoms with Crippen molar-refractivity contribution in [2.24, 2.45) is 5.92 Å². The fraction of sp³-hybridized carbons (Fsp3) is 0.538. The average Bonchev–Trinajstić information content (AvgIpc) is 3.00. The van der Waals surface area contributed by atoms with Gasteiger partial charge in [0.05, 0.1) is 4.90 Å². The summed E-state index contributed by atoms with van der Waals surface area (Å²) in [5.74, 6) is 0.507. The Morgan fingerprint density at radius 3 is 2.78 bits per heavy atom. The van der Waals surface area contributed by atoms with Crippen molar-refractivity contribution in [1.29, 1.82) is 0 Å². The predicted octanol–water partition coefficient (Wildman–Crippen LogP) is 2.04. The molecule has 18 heavy (non-hydrogen) atoms. The average molecular weight is 268 g/mol. The Balaban J connectivity index is 2.09. The molecule has 1 aliphatic carbocycles. The molecule has 0 spiro atoms. The molecule has 5 heteroatoms. The van der Waals surface area contributed by atoms with E-state index < -0.39 is 10.0 Å². The highest BCUT2D eigenvalue weighted by Gasteiger charge is 2.39. The second-order valence-corrected chi connectivity index (χ2v) is 6.74. The first-order valence-electron chi connectivity index (χ1n) is 6.32. The molecule has 3 N–H and O–H groups in total. The lowest BCUT2D eigenvalue weighted by molar-refractivity contribution is 0.573. The summed E-state index contributed by atoms with van der Waals surface area (Å²) in [5, 5.41) is 0. The maximum Gasteiger partial charge on any atom is 0.240 e. The minimum atomic E-state index is -3.42. The molecule has 0 saturated heterocycles. The molecule has 0 heterocycles. The molecule has 2 rings (SSSR count). The van der Waals surface area contributed by atoms with Gasteiger partial charge in [-0.15, -0.1) is 0 Å². The van der Waals surface area contributed by atoms with Gasteiger partial charge in [0.1, 0.15) is 0 Å². The summed E-state index contributed by atoms with van der Waals surface area (Å²) < 4.78 is 27.0. The third kappa shape index (κ3) is 2.84. The van der Waals surface area contributed by atoms with Gasteiger partial charge in [-0.1, -0.05) is 19.4 Å². The largest absolute Gasteiger partial charge is 0.398 e. The van der Waals surface area contributed by atoms with Crippen molar-refractivity contribution in [1.82, 2.24) is 4.72 Å². The van der Waals surface area contributed by atoms with Crippen LogP contribution in [-0.4, -0.2) is 14.5 Å². The molecule has 0 aromatic heterocycles. The van der Waals surface area contributed by atoms with Crippen LogP contribution in [-0.2, 0) is 10.0 Å². The first-order valence-corrected chi connectivity index (χ1v) is 7.81. The molecular weight excluding hydrogens is 248 g/mol. The van der Waals surface area contributed by atoms with Crippen LogP contribution < -0.4 is 10.5 Å². The minimum Gasteiger partial charge on any atom is -0.398 e. The van der Waals surface area contributed by atoms with Crippen LogP contribution >= 0.6 is 0 Å². The van der Waals surface area contributed by atoms with Crippen LogP contribution in [0.2, 0.25) is 0 Å². The second kappa shape index (κ2) is 4.90. The topological polar surface area (TPSA) is 72.2 Å². The summed E-state index contributed by atoms with van der Waals surface area (Å²) in [6.07, 6.45) is 3.14. The minimum absolute atomic E-state index is 0.109. The Morgan fingerprint density at radius 2 is 2.17 bits per heavy atom.